The molecule has 0 spiro atoms. The van der Waals surface area contributed by atoms with E-state index < -0.39 is 12.1 Å². The largest absolute Gasteiger partial charge is 0.479 e. The van der Waals surface area contributed by atoms with Crippen LogP contribution in [0.2, 0.25) is 5.82 Å². The fourth-order valence-electron chi connectivity index (χ4n) is 1.87. The van der Waals surface area contributed by atoms with Gasteiger partial charge in [-0.25, -0.2) is 4.79 Å². The van der Waals surface area contributed by atoms with Crippen LogP contribution in [0.5, 0.6) is 0 Å². The lowest BCUT2D eigenvalue weighted by molar-refractivity contribution is -0.147. The van der Waals surface area contributed by atoms with Gasteiger partial charge >= 0.3 is 5.97 Å². The van der Waals surface area contributed by atoms with Gasteiger partial charge in [0.15, 0.2) is 0 Å². The number of rotatable bonds is 7. The van der Waals surface area contributed by atoms with Crippen molar-refractivity contribution in [1.82, 2.24) is 0 Å². The highest BCUT2D eigenvalue weighted by molar-refractivity contribution is 6.30. The Hall–Kier alpha value is -0.585. The van der Waals surface area contributed by atoms with Gasteiger partial charge in [-0.2, -0.15) is 0 Å². The summed E-state index contributed by atoms with van der Waals surface area (Å²) in [6.07, 6.45) is 2.85. The first kappa shape index (κ1) is 12.5. The molecule has 0 amide bonds. The van der Waals surface area contributed by atoms with Crippen molar-refractivity contribution in [3.8, 4) is 0 Å². The van der Waals surface area contributed by atoms with E-state index in [1.165, 1.54) is 6.42 Å². The van der Waals surface area contributed by atoms with Gasteiger partial charge in [-0.3, -0.25) is 0 Å². The van der Waals surface area contributed by atoms with E-state index in [1.807, 2.05) is 0 Å². The van der Waals surface area contributed by atoms with Crippen LogP contribution in [0.3, 0.4) is 0 Å². The van der Waals surface area contributed by atoms with Crippen molar-refractivity contribution in [2.45, 2.75) is 37.6 Å². The first-order valence-corrected chi connectivity index (χ1v) is 5.33. The van der Waals surface area contributed by atoms with Crippen molar-refractivity contribution in [2.24, 2.45) is 11.7 Å². The number of carboxylic acid groups (broad SMARTS) is 1. The van der Waals surface area contributed by atoms with E-state index in [1.54, 1.807) is 0 Å². The first-order chi connectivity index (χ1) is 7.15. The highest BCUT2D eigenvalue weighted by Gasteiger charge is 2.31. The molecule has 1 saturated carbocycles. The highest BCUT2D eigenvalue weighted by atomic mass is 16.4. The zero-order chi connectivity index (χ0) is 11.3. The average molecular weight is 215 g/mol. The Bertz CT molecular complexity index is 210. The Morgan fingerprint density at radius 1 is 1.60 bits per heavy atom. The standard InChI is InChI=1S/C9H18BNO4/c11-5-15-10-7(8(12)9(13)14)4-6-2-1-3-6/h6-8,10,12H,1-5,11H2,(H,13,14). The lowest BCUT2D eigenvalue weighted by atomic mass is 9.67. The number of aliphatic hydroxyl groups is 1. The third-order valence-electron chi connectivity index (χ3n) is 3.01. The van der Waals surface area contributed by atoms with Crippen molar-refractivity contribution < 1.29 is 19.7 Å². The molecule has 0 radical (unpaired) electrons. The van der Waals surface area contributed by atoms with Gasteiger partial charge in [-0.05, 0) is 18.2 Å². The summed E-state index contributed by atoms with van der Waals surface area (Å²) in [4.78, 5) is 10.7. The Morgan fingerprint density at radius 3 is 2.67 bits per heavy atom. The summed E-state index contributed by atoms with van der Waals surface area (Å²) in [6.45, 7) is 0.0630. The van der Waals surface area contributed by atoms with Gasteiger partial charge in [0.1, 0.15) is 6.10 Å². The third kappa shape index (κ3) is 3.81. The molecule has 0 aromatic rings. The van der Waals surface area contributed by atoms with E-state index in [9.17, 15) is 9.90 Å². The van der Waals surface area contributed by atoms with Crippen molar-refractivity contribution in [1.29, 1.82) is 0 Å². The van der Waals surface area contributed by atoms with E-state index in [2.05, 4.69) is 0 Å². The minimum atomic E-state index is -1.34. The second-order valence-electron chi connectivity index (χ2n) is 4.11. The maximum absolute atomic E-state index is 10.7. The minimum absolute atomic E-state index is 0.0630. The maximum Gasteiger partial charge on any atom is 0.332 e. The zero-order valence-electron chi connectivity index (χ0n) is 8.76. The molecule has 2 atom stereocenters. The van der Waals surface area contributed by atoms with Gasteiger partial charge in [0.05, 0.1) is 6.73 Å². The number of aliphatic carboxylic acids is 1. The minimum Gasteiger partial charge on any atom is -0.479 e. The second-order valence-corrected chi connectivity index (χ2v) is 4.11. The van der Waals surface area contributed by atoms with Gasteiger partial charge in [0.25, 0.3) is 7.48 Å². The smallest absolute Gasteiger partial charge is 0.332 e. The van der Waals surface area contributed by atoms with Gasteiger partial charge < -0.3 is 20.6 Å². The molecule has 0 aromatic heterocycles. The molecule has 1 aliphatic rings. The Balaban J connectivity index is 2.39. The van der Waals surface area contributed by atoms with Crippen LogP contribution in [0.4, 0.5) is 0 Å². The second kappa shape index (κ2) is 6.10. The summed E-state index contributed by atoms with van der Waals surface area (Å²) in [5.74, 6) is -0.971. The number of aliphatic hydroxyl groups excluding tert-OH is 1. The van der Waals surface area contributed by atoms with Crippen molar-refractivity contribution in [3.63, 3.8) is 0 Å². The first-order valence-electron chi connectivity index (χ1n) is 5.33. The molecule has 0 heterocycles. The number of hydrogen-bond donors (Lipinski definition) is 3. The summed E-state index contributed by atoms with van der Waals surface area (Å²) in [5.41, 5.74) is 5.18. The fraction of sp³-hybridized carbons (Fsp3) is 0.889. The van der Waals surface area contributed by atoms with E-state index in [4.69, 9.17) is 15.5 Å². The Labute approximate surface area is 89.9 Å². The molecule has 2 unspecified atom stereocenters. The number of carbonyl (C=O) groups is 1. The molecule has 1 aliphatic carbocycles. The van der Waals surface area contributed by atoms with Gasteiger partial charge in [-0.1, -0.05) is 19.3 Å². The maximum atomic E-state index is 10.7. The lowest BCUT2D eigenvalue weighted by Crippen LogP contribution is -2.33. The third-order valence-corrected chi connectivity index (χ3v) is 3.01. The van der Waals surface area contributed by atoms with Crippen LogP contribution in [0.25, 0.3) is 0 Å². The summed E-state index contributed by atoms with van der Waals surface area (Å²) in [5, 5.41) is 18.2. The van der Waals surface area contributed by atoms with Crippen molar-refractivity contribution in [2.75, 3.05) is 6.73 Å². The summed E-state index contributed by atoms with van der Waals surface area (Å²) in [6, 6.07) is 0. The molecular weight excluding hydrogens is 197 g/mol. The van der Waals surface area contributed by atoms with E-state index >= 15 is 0 Å². The number of carboxylic acids is 1. The van der Waals surface area contributed by atoms with Crippen LogP contribution >= 0.6 is 0 Å². The predicted octanol–water partition coefficient (Wildman–Crippen LogP) is -0.305. The molecule has 1 fully saturated rings. The summed E-state index contributed by atoms with van der Waals surface area (Å²) in [7, 11) is 0.223. The number of hydrogen-bond acceptors (Lipinski definition) is 4. The Morgan fingerprint density at radius 2 is 2.27 bits per heavy atom. The topological polar surface area (TPSA) is 92.8 Å². The molecule has 15 heavy (non-hydrogen) atoms. The molecule has 0 bridgehead atoms. The van der Waals surface area contributed by atoms with Crippen LogP contribution in [0.1, 0.15) is 25.7 Å². The van der Waals surface area contributed by atoms with Crippen LogP contribution in [0.15, 0.2) is 0 Å². The quantitative estimate of drug-likeness (QED) is 0.400. The SMILES string of the molecule is NCOBC(CC1CCC1)C(O)C(=O)O. The molecular formula is C9H18BNO4. The highest BCUT2D eigenvalue weighted by Crippen LogP contribution is 2.35. The van der Waals surface area contributed by atoms with Crippen LogP contribution in [0, 0.1) is 5.92 Å². The van der Waals surface area contributed by atoms with Crippen molar-refractivity contribution >= 4 is 13.5 Å². The van der Waals surface area contributed by atoms with Gasteiger partial charge in [-0.15, -0.1) is 0 Å². The fourth-order valence-corrected chi connectivity index (χ4v) is 1.87. The molecule has 0 saturated heterocycles. The monoisotopic (exact) mass is 215 g/mol. The molecule has 0 aliphatic heterocycles. The molecule has 4 N–H and O–H groups in total. The summed E-state index contributed by atoms with van der Waals surface area (Å²) < 4.78 is 4.99. The van der Waals surface area contributed by atoms with Gasteiger partial charge in [0.2, 0.25) is 0 Å². The van der Waals surface area contributed by atoms with Crippen LogP contribution < -0.4 is 5.73 Å². The molecule has 6 heteroatoms. The lowest BCUT2D eigenvalue weighted by Gasteiger charge is -2.30. The molecule has 5 nitrogen and oxygen atoms in total. The Kier molecular flexibility index (Phi) is 5.07. The average Bonchev–Trinajstić information content (AvgIpc) is 2.14. The molecule has 86 valence electrons. The van der Waals surface area contributed by atoms with E-state index in [-0.39, 0.29) is 20.0 Å². The zero-order valence-corrected chi connectivity index (χ0v) is 8.76. The van der Waals surface area contributed by atoms with Gasteiger partial charge in [0, 0.05) is 0 Å². The van der Waals surface area contributed by atoms with E-state index in [0.717, 1.165) is 12.8 Å². The summed E-state index contributed by atoms with van der Waals surface area (Å²) >= 11 is 0. The molecule has 0 aromatic carbocycles. The molecule has 1 rings (SSSR count). The van der Waals surface area contributed by atoms with Crippen LogP contribution in [-0.2, 0) is 9.45 Å². The van der Waals surface area contributed by atoms with E-state index in [0.29, 0.717) is 12.3 Å². The van der Waals surface area contributed by atoms with Crippen molar-refractivity contribution in [3.05, 3.63) is 0 Å². The van der Waals surface area contributed by atoms with Crippen LogP contribution in [-0.4, -0.2) is 36.5 Å². The normalized spacial score (nSPS) is 20.4. The number of nitrogens with two attached hydrogens (primary N) is 1. The predicted molar refractivity (Wildman–Crippen MR) is 56.6 cm³/mol.